The van der Waals surface area contributed by atoms with Crippen molar-refractivity contribution in [3.8, 4) is 0 Å². The van der Waals surface area contributed by atoms with E-state index in [4.69, 9.17) is 4.74 Å². The molecular weight excluding hydrogens is 450 g/mol. The number of rotatable bonds is 1. The molecule has 0 radical (unpaired) electrons. The third-order valence-electron chi connectivity index (χ3n) is 3.64. The molecule has 1 aromatic heterocycles. The number of anilines is 1. The maximum atomic E-state index is 13.0. The fourth-order valence-corrected chi connectivity index (χ4v) is 3.14. The fraction of sp³-hybridized carbons (Fsp3) is 0.625. The predicted molar refractivity (Wildman–Crippen MR) is 96.6 cm³/mol. The second-order valence-electron chi connectivity index (χ2n) is 7.00. The molecule has 0 unspecified atom stereocenters. The summed E-state index contributed by atoms with van der Waals surface area (Å²) in [5.41, 5.74) is -1.49. The van der Waals surface area contributed by atoms with Gasteiger partial charge < -0.3 is 14.5 Å². The van der Waals surface area contributed by atoms with Gasteiger partial charge in [0.15, 0.2) is 0 Å². The van der Waals surface area contributed by atoms with Crippen molar-refractivity contribution in [2.24, 2.45) is 0 Å². The predicted octanol–water partition coefficient (Wildman–Crippen LogP) is 4.15. The number of carbonyl (C=O) groups excluding carboxylic acids is 1. The number of piperazine rings is 1. The van der Waals surface area contributed by atoms with Crippen LogP contribution in [0.5, 0.6) is 0 Å². The van der Waals surface area contributed by atoms with Gasteiger partial charge in [-0.15, -0.1) is 0 Å². The van der Waals surface area contributed by atoms with E-state index in [9.17, 15) is 18.0 Å². The van der Waals surface area contributed by atoms with E-state index in [0.29, 0.717) is 23.2 Å². The van der Waals surface area contributed by atoms with Crippen molar-refractivity contribution in [1.82, 2.24) is 9.88 Å². The molecule has 5 nitrogen and oxygen atoms in total. The van der Waals surface area contributed by atoms with Crippen LogP contribution in [0.1, 0.15) is 33.4 Å². The first kappa shape index (κ1) is 20.1. The first-order valence-corrected chi connectivity index (χ1v) is 8.94. The van der Waals surface area contributed by atoms with Crippen molar-refractivity contribution in [2.75, 3.05) is 24.5 Å². The minimum absolute atomic E-state index is 0.173. The molecule has 9 heteroatoms. The summed E-state index contributed by atoms with van der Waals surface area (Å²) in [6.45, 7) is 8.35. The molecule has 25 heavy (non-hydrogen) atoms. The van der Waals surface area contributed by atoms with Gasteiger partial charge in [-0.25, -0.2) is 9.78 Å². The van der Waals surface area contributed by atoms with E-state index < -0.39 is 23.6 Å². The van der Waals surface area contributed by atoms with Crippen LogP contribution in [-0.4, -0.2) is 47.3 Å². The summed E-state index contributed by atoms with van der Waals surface area (Å²) in [6, 6.07) is 2.47. The Kier molecular flexibility index (Phi) is 5.75. The van der Waals surface area contributed by atoms with Gasteiger partial charge in [0.1, 0.15) is 17.1 Å². The SMILES string of the molecule is C[C@@H]1CN(C(=O)OC(C)(C)C)CCN1c1cc(I)cc(C(F)(F)F)n1. The zero-order chi connectivity index (χ0) is 19.0. The van der Waals surface area contributed by atoms with Gasteiger partial charge in [-0.3, -0.25) is 0 Å². The number of amides is 1. The topological polar surface area (TPSA) is 45.7 Å². The first-order valence-electron chi connectivity index (χ1n) is 7.86. The van der Waals surface area contributed by atoms with Crippen LogP contribution in [0.25, 0.3) is 0 Å². The maximum absolute atomic E-state index is 13.0. The molecule has 1 amide bonds. The van der Waals surface area contributed by atoms with Crippen LogP contribution in [-0.2, 0) is 10.9 Å². The summed E-state index contributed by atoms with van der Waals surface area (Å²) in [7, 11) is 0. The Morgan fingerprint density at radius 1 is 1.28 bits per heavy atom. The molecule has 0 aromatic carbocycles. The molecule has 1 fully saturated rings. The number of ether oxygens (including phenoxy) is 1. The lowest BCUT2D eigenvalue weighted by atomic mass is 10.2. The molecular formula is C16H21F3IN3O2. The monoisotopic (exact) mass is 471 g/mol. The van der Waals surface area contributed by atoms with Crippen LogP contribution in [0.15, 0.2) is 12.1 Å². The second-order valence-corrected chi connectivity index (χ2v) is 8.24. The van der Waals surface area contributed by atoms with Crippen molar-refractivity contribution in [3.05, 3.63) is 21.4 Å². The Morgan fingerprint density at radius 2 is 1.92 bits per heavy atom. The molecule has 1 aromatic rings. The highest BCUT2D eigenvalue weighted by atomic mass is 127. The highest BCUT2D eigenvalue weighted by molar-refractivity contribution is 14.1. The van der Waals surface area contributed by atoms with Gasteiger partial charge in [-0.1, -0.05) is 0 Å². The largest absolute Gasteiger partial charge is 0.444 e. The van der Waals surface area contributed by atoms with Gasteiger partial charge in [0.25, 0.3) is 0 Å². The summed E-state index contributed by atoms with van der Waals surface area (Å²) >= 11 is 1.85. The van der Waals surface area contributed by atoms with Gasteiger partial charge in [-0.2, -0.15) is 13.2 Å². The quantitative estimate of drug-likeness (QED) is 0.578. The van der Waals surface area contributed by atoms with Crippen molar-refractivity contribution >= 4 is 34.5 Å². The molecule has 2 rings (SSSR count). The smallest absolute Gasteiger partial charge is 0.433 e. The van der Waals surface area contributed by atoms with E-state index in [2.05, 4.69) is 4.98 Å². The number of aromatic nitrogens is 1. The van der Waals surface area contributed by atoms with Crippen LogP contribution in [0.2, 0.25) is 0 Å². The number of hydrogen-bond donors (Lipinski definition) is 0. The number of pyridine rings is 1. The summed E-state index contributed by atoms with van der Waals surface area (Å²) in [4.78, 5) is 19.3. The molecule has 0 aliphatic carbocycles. The molecule has 0 spiro atoms. The molecule has 140 valence electrons. The summed E-state index contributed by atoms with van der Waals surface area (Å²) in [6.07, 6.45) is -4.90. The third kappa shape index (κ3) is 5.35. The fourth-order valence-electron chi connectivity index (χ4n) is 2.57. The van der Waals surface area contributed by atoms with Crippen molar-refractivity contribution in [2.45, 2.75) is 45.5 Å². The van der Waals surface area contributed by atoms with E-state index in [0.717, 1.165) is 6.07 Å². The molecule has 0 N–H and O–H groups in total. The van der Waals surface area contributed by atoms with E-state index in [-0.39, 0.29) is 11.9 Å². The van der Waals surface area contributed by atoms with E-state index in [1.54, 1.807) is 36.6 Å². The Morgan fingerprint density at radius 3 is 2.44 bits per heavy atom. The summed E-state index contributed by atoms with van der Waals surface area (Å²) < 4.78 is 44.8. The zero-order valence-electron chi connectivity index (χ0n) is 14.5. The van der Waals surface area contributed by atoms with Crippen molar-refractivity contribution in [3.63, 3.8) is 0 Å². The number of halogens is 4. The Hall–Kier alpha value is -1.26. The number of nitrogens with zero attached hydrogens (tertiary/aromatic N) is 3. The second kappa shape index (κ2) is 7.16. The van der Waals surface area contributed by atoms with Crippen LogP contribution in [0, 0.1) is 3.57 Å². The highest BCUT2D eigenvalue weighted by Gasteiger charge is 2.35. The van der Waals surface area contributed by atoms with Gasteiger partial charge in [0.2, 0.25) is 0 Å². The third-order valence-corrected chi connectivity index (χ3v) is 4.26. The molecule has 0 bridgehead atoms. The molecule has 1 aliphatic rings. The Bertz CT molecular complexity index is 646. The molecule has 2 heterocycles. The Labute approximate surface area is 158 Å². The lowest BCUT2D eigenvalue weighted by Gasteiger charge is -2.41. The van der Waals surface area contributed by atoms with Gasteiger partial charge >= 0.3 is 12.3 Å². The molecule has 1 saturated heterocycles. The normalized spacial score (nSPS) is 19.1. The molecule has 0 saturated carbocycles. The van der Waals surface area contributed by atoms with E-state index in [1.165, 1.54) is 0 Å². The average Bonchev–Trinajstić information content (AvgIpc) is 2.43. The number of hydrogen-bond acceptors (Lipinski definition) is 4. The average molecular weight is 471 g/mol. The van der Waals surface area contributed by atoms with Gasteiger partial charge in [0, 0.05) is 29.2 Å². The van der Waals surface area contributed by atoms with Crippen LogP contribution < -0.4 is 4.90 Å². The highest BCUT2D eigenvalue weighted by Crippen LogP contribution is 2.31. The van der Waals surface area contributed by atoms with Crippen LogP contribution in [0.4, 0.5) is 23.8 Å². The lowest BCUT2D eigenvalue weighted by molar-refractivity contribution is -0.141. The summed E-state index contributed by atoms with van der Waals surface area (Å²) in [5.74, 6) is 0.274. The number of alkyl halides is 3. The van der Waals surface area contributed by atoms with Gasteiger partial charge in [0.05, 0.1) is 0 Å². The van der Waals surface area contributed by atoms with Crippen LogP contribution >= 0.6 is 22.6 Å². The number of carbonyl (C=O) groups is 1. The van der Waals surface area contributed by atoms with E-state index >= 15 is 0 Å². The standard InChI is InChI=1S/C16H21F3IN3O2/c1-10-9-22(14(24)25-15(2,3)4)5-6-23(10)13-8-11(20)7-12(21-13)16(17,18)19/h7-8,10H,5-6,9H2,1-4H3/t10-/m1/s1. The zero-order valence-corrected chi connectivity index (χ0v) is 16.7. The van der Waals surface area contributed by atoms with Gasteiger partial charge in [-0.05, 0) is 62.4 Å². The Balaban J connectivity index is 2.14. The first-order chi connectivity index (χ1) is 11.4. The minimum Gasteiger partial charge on any atom is -0.444 e. The summed E-state index contributed by atoms with van der Waals surface area (Å²) in [5, 5.41) is 0. The van der Waals surface area contributed by atoms with Crippen LogP contribution in [0.3, 0.4) is 0 Å². The van der Waals surface area contributed by atoms with E-state index in [1.807, 2.05) is 29.5 Å². The minimum atomic E-state index is -4.49. The van der Waals surface area contributed by atoms with Crippen molar-refractivity contribution in [1.29, 1.82) is 0 Å². The lowest BCUT2D eigenvalue weighted by Crippen LogP contribution is -2.54. The molecule has 1 aliphatic heterocycles. The van der Waals surface area contributed by atoms with Crippen molar-refractivity contribution < 1.29 is 22.7 Å². The molecule has 1 atom stereocenters. The maximum Gasteiger partial charge on any atom is 0.433 e.